The van der Waals surface area contributed by atoms with Crippen LogP contribution in [-0.4, -0.2) is 15.9 Å². The number of carbonyl (C=O) groups is 1. The number of aryl methyl sites for hydroxylation is 2. The van der Waals surface area contributed by atoms with Gasteiger partial charge in [-0.2, -0.15) is 0 Å². The SMILES string of the molecule is O=C(Nc1cnc2ccccc2c1)c1coc(CCCc2ccccc2)n1. The molecular weight excluding hydrogens is 338 g/mol. The molecule has 1 N–H and O–H groups in total. The summed E-state index contributed by atoms with van der Waals surface area (Å²) in [5.74, 6) is 0.276. The maximum absolute atomic E-state index is 12.4. The molecule has 4 rings (SSSR count). The Morgan fingerprint density at radius 1 is 1.00 bits per heavy atom. The highest BCUT2D eigenvalue weighted by atomic mass is 16.3. The number of amides is 1. The van der Waals surface area contributed by atoms with Crippen molar-refractivity contribution in [2.75, 3.05) is 5.32 Å². The Kier molecular flexibility index (Phi) is 4.92. The normalized spacial score (nSPS) is 10.8. The number of carbonyl (C=O) groups excluding carboxylic acids is 1. The number of benzene rings is 2. The maximum atomic E-state index is 12.4. The zero-order chi connectivity index (χ0) is 18.5. The van der Waals surface area contributed by atoms with Gasteiger partial charge in [0.1, 0.15) is 6.26 Å². The molecule has 0 fully saturated rings. The fourth-order valence-corrected chi connectivity index (χ4v) is 2.95. The van der Waals surface area contributed by atoms with Crippen molar-refractivity contribution < 1.29 is 9.21 Å². The number of para-hydroxylation sites is 1. The second-order valence-corrected chi connectivity index (χ2v) is 6.34. The minimum Gasteiger partial charge on any atom is -0.448 e. The zero-order valence-corrected chi connectivity index (χ0v) is 14.8. The van der Waals surface area contributed by atoms with Gasteiger partial charge in [-0.3, -0.25) is 9.78 Å². The van der Waals surface area contributed by atoms with Gasteiger partial charge in [-0.05, 0) is 30.5 Å². The Labute approximate surface area is 157 Å². The van der Waals surface area contributed by atoms with Crippen molar-refractivity contribution in [3.63, 3.8) is 0 Å². The number of nitrogens with zero attached hydrogens (tertiary/aromatic N) is 2. The van der Waals surface area contributed by atoms with Crippen LogP contribution < -0.4 is 5.32 Å². The van der Waals surface area contributed by atoms with E-state index in [1.807, 2.05) is 48.5 Å². The molecule has 1 amide bonds. The molecule has 0 saturated heterocycles. The molecule has 0 radical (unpaired) electrons. The number of hydrogen-bond acceptors (Lipinski definition) is 4. The summed E-state index contributed by atoms with van der Waals surface area (Å²) < 4.78 is 5.44. The number of hydrogen-bond donors (Lipinski definition) is 1. The molecule has 0 aliphatic carbocycles. The van der Waals surface area contributed by atoms with Gasteiger partial charge < -0.3 is 9.73 Å². The topological polar surface area (TPSA) is 68.0 Å². The molecule has 4 aromatic rings. The Hall–Kier alpha value is -3.47. The monoisotopic (exact) mass is 357 g/mol. The largest absolute Gasteiger partial charge is 0.448 e. The Bertz CT molecular complexity index is 1060. The Morgan fingerprint density at radius 3 is 2.70 bits per heavy atom. The number of aromatic nitrogens is 2. The van der Waals surface area contributed by atoms with Crippen LogP contribution in [0.4, 0.5) is 5.69 Å². The lowest BCUT2D eigenvalue weighted by Gasteiger charge is -2.04. The molecule has 0 aliphatic heterocycles. The molecule has 0 bridgehead atoms. The molecule has 0 aliphatic rings. The van der Waals surface area contributed by atoms with Gasteiger partial charge >= 0.3 is 0 Å². The lowest BCUT2D eigenvalue weighted by atomic mass is 10.1. The lowest BCUT2D eigenvalue weighted by Crippen LogP contribution is -2.12. The highest BCUT2D eigenvalue weighted by Gasteiger charge is 2.13. The van der Waals surface area contributed by atoms with Crippen LogP contribution in [0.5, 0.6) is 0 Å². The maximum Gasteiger partial charge on any atom is 0.277 e. The second-order valence-electron chi connectivity index (χ2n) is 6.34. The van der Waals surface area contributed by atoms with Crippen LogP contribution in [0.25, 0.3) is 10.9 Å². The zero-order valence-electron chi connectivity index (χ0n) is 14.8. The Morgan fingerprint density at radius 2 is 1.81 bits per heavy atom. The predicted octanol–water partition coefficient (Wildman–Crippen LogP) is 4.65. The van der Waals surface area contributed by atoms with E-state index >= 15 is 0 Å². The molecule has 0 unspecified atom stereocenters. The molecule has 0 spiro atoms. The molecule has 5 heteroatoms. The summed E-state index contributed by atoms with van der Waals surface area (Å²) in [5.41, 5.74) is 3.08. The minimum atomic E-state index is -0.301. The average molecular weight is 357 g/mol. The van der Waals surface area contributed by atoms with Gasteiger partial charge in [-0.25, -0.2) is 4.98 Å². The van der Waals surface area contributed by atoms with E-state index in [4.69, 9.17) is 4.42 Å². The van der Waals surface area contributed by atoms with Crippen molar-refractivity contribution in [2.24, 2.45) is 0 Å². The molecule has 5 nitrogen and oxygen atoms in total. The molecule has 2 heterocycles. The molecule has 0 atom stereocenters. The fourth-order valence-electron chi connectivity index (χ4n) is 2.95. The van der Waals surface area contributed by atoms with Crippen LogP contribution in [0.2, 0.25) is 0 Å². The first-order chi connectivity index (χ1) is 13.3. The number of fused-ring (bicyclic) bond motifs is 1. The van der Waals surface area contributed by atoms with Crippen molar-refractivity contribution in [3.8, 4) is 0 Å². The summed E-state index contributed by atoms with van der Waals surface area (Å²) in [4.78, 5) is 21.0. The van der Waals surface area contributed by atoms with Crippen molar-refractivity contribution in [3.05, 3.63) is 90.3 Å². The van der Waals surface area contributed by atoms with Gasteiger partial charge in [0, 0.05) is 11.8 Å². The van der Waals surface area contributed by atoms with Crippen LogP contribution in [0.3, 0.4) is 0 Å². The van der Waals surface area contributed by atoms with Gasteiger partial charge in [0.05, 0.1) is 17.4 Å². The molecular formula is C22H19N3O2. The van der Waals surface area contributed by atoms with Crippen LogP contribution in [0.15, 0.2) is 77.5 Å². The summed E-state index contributed by atoms with van der Waals surface area (Å²) in [6.45, 7) is 0. The third-order valence-corrected chi connectivity index (χ3v) is 4.33. The lowest BCUT2D eigenvalue weighted by molar-refractivity contribution is 0.102. The quantitative estimate of drug-likeness (QED) is 0.545. The van der Waals surface area contributed by atoms with Gasteiger partial charge in [0.25, 0.3) is 5.91 Å². The van der Waals surface area contributed by atoms with Crippen molar-refractivity contribution in [1.82, 2.24) is 9.97 Å². The molecule has 2 aromatic heterocycles. The first-order valence-corrected chi connectivity index (χ1v) is 8.92. The highest BCUT2D eigenvalue weighted by molar-refractivity contribution is 6.03. The van der Waals surface area contributed by atoms with E-state index in [-0.39, 0.29) is 11.6 Å². The van der Waals surface area contributed by atoms with Gasteiger partial charge in [0.2, 0.25) is 0 Å². The first-order valence-electron chi connectivity index (χ1n) is 8.92. The summed E-state index contributed by atoms with van der Waals surface area (Å²) >= 11 is 0. The van der Waals surface area contributed by atoms with E-state index in [1.54, 1.807) is 6.20 Å². The van der Waals surface area contributed by atoms with E-state index in [0.29, 0.717) is 18.0 Å². The summed E-state index contributed by atoms with van der Waals surface area (Å²) in [6.07, 6.45) is 5.61. The van der Waals surface area contributed by atoms with Crippen LogP contribution in [0, 0.1) is 0 Å². The Balaban J connectivity index is 1.36. The van der Waals surface area contributed by atoms with E-state index < -0.39 is 0 Å². The third-order valence-electron chi connectivity index (χ3n) is 4.33. The van der Waals surface area contributed by atoms with E-state index in [2.05, 4.69) is 27.4 Å². The van der Waals surface area contributed by atoms with Crippen LogP contribution in [-0.2, 0) is 12.8 Å². The number of rotatable bonds is 6. The number of pyridine rings is 1. The van der Waals surface area contributed by atoms with Gasteiger partial charge in [0.15, 0.2) is 11.6 Å². The van der Waals surface area contributed by atoms with Gasteiger partial charge in [-0.1, -0.05) is 48.5 Å². The van der Waals surface area contributed by atoms with Crippen molar-refractivity contribution in [2.45, 2.75) is 19.3 Å². The number of anilines is 1. The fraction of sp³-hybridized carbons (Fsp3) is 0.136. The van der Waals surface area contributed by atoms with E-state index in [9.17, 15) is 4.79 Å². The van der Waals surface area contributed by atoms with Crippen molar-refractivity contribution >= 4 is 22.5 Å². The van der Waals surface area contributed by atoms with Gasteiger partial charge in [-0.15, -0.1) is 0 Å². The average Bonchev–Trinajstić information content (AvgIpc) is 3.18. The van der Waals surface area contributed by atoms with Crippen LogP contribution >= 0.6 is 0 Å². The minimum absolute atomic E-state index is 0.276. The summed E-state index contributed by atoms with van der Waals surface area (Å²) in [5, 5.41) is 3.79. The highest BCUT2D eigenvalue weighted by Crippen LogP contribution is 2.17. The summed E-state index contributed by atoms with van der Waals surface area (Å²) in [7, 11) is 0. The van der Waals surface area contributed by atoms with E-state index in [1.165, 1.54) is 11.8 Å². The molecule has 27 heavy (non-hydrogen) atoms. The third kappa shape index (κ3) is 4.20. The van der Waals surface area contributed by atoms with E-state index in [0.717, 1.165) is 23.7 Å². The molecule has 2 aromatic carbocycles. The standard InChI is InChI=1S/C22H19N3O2/c26-22(24-18-13-17-10-4-5-11-19(17)23-14-18)20-15-27-21(25-20)12-6-9-16-7-2-1-3-8-16/h1-5,7-8,10-11,13-15H,6,9,12H2,(H,24,26). The predicted molar refractivity (Wildman–Crippen MR) is 105 cm³/mol. The summed E-state index contributed by atoms with van der Waals surface area (Å²) in [6, 6.07) is 19.9. The van der Waals surface area contributed by atoms with Crippen LogP contribution in [0.1, 0.15) is 28.4 Å². The number of nitrogens with one attached hydrogen (secondary N) is 1. The smallest absolute Gasteiger partial charge is 0.277 e. The molecule has 134 valence electrons. The second kappa shape index (κ2) is 7.83. The van der Waals surface area contributed by atoms with Crippen molar-refractivity contribution in [1.29, 1.82) is 0 Å². The number of oxazole rings is 1. The molecule has 0 saturated carbocycles. The first kappa shape index (κ1) is 17.0.